The summed E-state index contributed by atoms with van der Waals surface area (Å²) in [6, 6.07) is 11.3. The van der Waals surface area contributed by atoms with Gasteiger partial charge in [0.15, 0.2) is 0 Å². The molecule has 0 saturated carbocycles. The number of rotatable bonds is 4. The Morgan fingerprint density at radius 1 is 1.25 bits per heavy atom. The van der Waals surface area contributed by atoms with Crippen LogP contribution in [0.3, 0.4) is 0 Å². The molecule has 24 heavy (non-hydrogen) atoms. The number of fused-ring (bicyclic) bond motifs is 1. The Morgan fingerprint density at radius 2 is 2.00 bits per heavy atom. The number of hydrogen-bond acceptors (Lipinski definition) is 3. The molecule has 0 spiro atoms. The first-order chi connectivity index (χ1) is 11.5. The van der Waals surface area contributed by atoms with Crippen LogP contribution in [0.4, 0.5) is 5.69 Å². The van der Waals surface area contributed by atoms with Gasteiger partial charge in [-0.15, -0.1) is 0 Å². The summed E-state index contributed by atoms with van der Waals surface area (Å²) in [5, 5.41) is 3.42. The van der Waals surface area contributed by atoms with Gasteiger partial charge in [-0.05, 0) is 36.6 Å². The maximum atomic E-state index is 12.5. The van der Waals surface area contributed by atoms with Gasteiger partial charge in [-0.3, -0.25) is 14.2 Å². The highest BCUT2D eigenvalue weighted by Crippen LogP contribution is 2.25. The van der Waals surface area contributed by atoms with Crippen LogP contribution in [0.5, 0.6) is 0 Å². The zero-order chi connectivity index (χ0) is 17.3. The molecule has 1 N–H and O–H groups in total. The molecule has 3 rings (SSSR count). The van der Waals surface area contributed by atoms with Gasteiger partial charge < -0.3 is 5.32 Å². The highest BCUT2D eigenvalue weighted by molar-refractivity contribution is 7.16. The van der Waals surface area contributed by atoms with Gasteiger partial charge in [-0.25, -0.2) is 0 Å². The fourth-order valence-electron chi connectivity index (χ4n) is 2.75. The van der Waals surface area contributed by atoms with Crippen molar-refractivity contribution in [3.8, 4) is 0 Å². The van der Waals surface area contributed by atoms with Crippen LogP contribution in [-0.4, -0.2) is 10.5 Å². The van der Waals surface area contributed by atoms with E-state index in [0.29, 0.717) is 10.5 Å². The van der Waals surface area contributed by atoms with Crippen molar-refractivity contribution < 1.29 is 4.79 Å². The third-order valence-corrected chi connectivity index (χ3v) is 5.19. The van der Waals surface area contributed by atoms with Gasteiger partial charge in [0.25, 0.3) is 0 Å². The van der Waals surface area contributed by atoms with Crippen molar-refractivity contribution in [2.24, 2.45) is 0 Å². The molecule has 2 aromatic carbocycles. The summed E-state index contributed by atoms with van der Waals surface area (Å²) < 4.78 is 2.21. The van der Waals surface area contributed by atoms with Crippen LogP contribution in [-0.2, 0) is 17.8 Å². The van der Waals surface area contributed by atoms with E-state index in [1.807, 2.05) is 38.1 Å². The molecule has 0 aliphatic carbocycles. The number of nitrogens with one attached hydrogen (secondary N) is 1. The number of halogens is 1. The van der Waals surface area contributed by atoms with E-state index in [1.165, 1.54) is 4.57 Å². The number of thiazole rings is 1. The Bertz CT molecular complexity index is 975. The van der Waals surface area contributed by atoms with E-state index in [4.69, 9.17) is 11.6 Å². The van der Waals surface area contributed by atoms with Gasteiger partial charge in [0.2, 0.25) is 5.91 Å². The number of aryl methyl sites for hydroxylation is 2. The lowest BCUT2D eigenvalue weighted by Crippen LogP contribution is -2.25. The standard InChI is InChI=1S/C18H17ClN2O2S/c1-3-12-7-4-6-11(2)16(12)20-15(22)10-21-17-13(19)8-5-9-14(17)24-18(21)23/h4-9H,3,10H2,1-2H3,(H,20,22). The average molecular weight is 361 g/mol. The summed E-state index contributed by atoms with van der Waals surface area (Å²) in [6.07, 6.45) is 0.824. The minimum Gasteiger partial charge on any atom is -0.324 e. The van der Waals surface area contributed by atoms with Gasteiger partial charge in [-0.1, -0.05) is 54.1 Å². The highest BCUT2D eigenvalue weighted by atomic mass is 35.5. The van der Waals surface area contributed by atoms with Crippen LogP contribution in [0.2, 0.25) is 5.02 Å². The van der Waals surface area contributed by atoms with Crippen LogP contribution in [0.25, 0.3) is 10.2 Å². The number of carbonyl (C=O) groups excluding carboxylic acids is 1. The van der Waals surface area contributed by atoms with Crippen LogP contribution < -0.4 is 10.2 Å². The van der Waals surface area contributed by atoms with Crippen LogP contribution in [0, 0.1) is 6.92 Å². The second-order valence-electron chi connectivity index (χ2n) is 5.55. The van der Waals surface area contributed by atoms with Crippen molar-refractivity contribution in [2.75, 3.05) is 5.32 Å². The molecule has 4 nitrogen and oxygen atoms in total. The van der Waals surface area contributed by atoms with Crippen molar-refractivity contribution in [3.63, 3.8) is 0 Å². The molecular formula is C18H17ClN2O2S. The molecule has 1 aromatic heterocycles. The smallest absolute Gasteiger partial charge is 0.308 e. The Hall–Kier alpha value is -2.11. The molecule has 3 aromatic rings. The zero-order valence-corrected chi connectivity index (χ0v) is 15.0. The number of nitrogens with zero attached hydrogens (tertiary/aromatic N) is 1. The molecule has 0 aliphatic heterocycles. The maximum absolute atomic E-state index is 12.5. The highest BCUT2D eigenvalue weighted by Gasteiger charge is 2.15. The van der Waals surface area contributed by atoms with E-state index < -0.39 is 0 Å². The fourth-order valence-corrected chi connectivity index (χ4v) is 4.00. The quantitative estimate of drug-likeness (QED) is 0.757. The molecular weight excluding hydrogens is 344 g/mol. The molecule has 0 unspecified atom stereocenters. The van der Waals surface area contributed by atoms with Crippen molar-refractivity contribution in [1.82, 2.24) is 4.57 Å². The van der Waals surface area contributed by atoms with Crippen LogP contribution in [0.1, 0.15) is 18.1 Å². The van der Waals surface area contributed by atoms with Gasteiger partial charge in [0.1, 0.15) is 6.54 Å². The summed E-state index contributed by atoms with van der Waals surface area (Å²) in [7, 11) is 0. The number of amides is 1. The minimum absolute atomic E-state index is 0.0555. The van der Waals surface area contributed by atoms with E-state index in [1.54, 1.807) is 12.1 Å². The first-order valence-electron chi connectivity index (χ1n) is 7.67. The van der Waals surface area contributed by atoms with Crippen molar-refractivity contribution in [1.29, 1.82) is 0 Å². The molecule has 0 atom stereocenters. The second-order valence-corrected chi connectivity index (χ2v) is 6.95. The van der Waals surface area contributed by atoms with E-state index in [-0.39, 0.29) is 17.3 Å². The molecule has 0 fully saturated rings. The number of hydrogen-bond donors (Lipinski definition) is 1. The third-order valence-electron chi connectivity index (χ3n) is 3.94. The topological polar surface area (TPSA) is 51.1 Å². The third kappa shape index (κ3) is 3.09. The zero-order valence-electron chi connectivity index (χ0n) is 13.4. The molecule has 0 saturated heterocycles. The number of carbonyl (C=O) groups is 1. The Kier molecular flexibility index (Phi) is 4.73. The van der Waals surface area contributed by atoms with E-state index in [0.717, 1.165) is 39.3 Å². The summed E-state index contributed by atoms with van der Waals surface area (Å²) in [4.78, 5) is 24.5. The summed E-state index contributed by atoms with van der Waals surface area (Å²) >= 11 is 7.30. The molecule has 0 radical (unpaired) electrons. The van der Waals surface area contributed by atoms with Gasteiger partial charge in [0.05, 0.1) is 15.2 Å². The minimum atomic E-state index is -0.235. The van der Waals surface area contributed by atoms with Crippen LogP contribution in [0.15, 0.2) is 41.2 Å². The first kappa shape index (κ1) is 16.7. The summed E-state index contributed by atoms with van der Waals surface area (Å²) in [5.41, 5.74) is 3.51. The lowest BCUT2D eigenvalue weighted by molar-refractivity contribution is -0.116. The Labute approximate surface area is 148 Å². The number of benzene rings is 2. The number of para-hydroxylation sites is 2. The lowest BCUT2D eigenvalue weighted by atomic mass is 10.1. The molecule has 1 amide bonds. The molecule has 6 heteroatoms. The summed E-state index contributed by atoms with van der Waals surface area (Å²) in [6.45, 7) is 3.94. The number of anilines is 1. The van der Waals surface area contributed by atoms with E-state index in [2.05, 4.69) is 5.32 Å². The van der Waals surface area contributed by atoms with E-state index in [9.17, 15) is 9.59 Å². The predicted octanol–water partition coefficient (Wildman–Crippen LogP) is 4.23. The lowest BCUT2D eigenvalue weighted by Gasteiger charge is -2.13. The van der Waals surface area contributed by atoms with Crippen molar-refractivity contribution in [3.05, 3.63) is 62.2 Å². The van der Waals surface area contributed by atoms with Gasteiger partial charge in [-0.2, -0.15) is 0 Å². The van der Waals surface area contributed by atoms with Gasteiger partial charge in [0, 0.05) is 5.69 Å². The van der Waals surface area contributed by atoms with Crippen LogP contribution >= 0.6 is 22.9 Å². The molecule has 0 aliphatic rings. The SMILES string of the molecule is CCc1cccc(C)c1NC(=O)Cn1c(=O)sc2cccc(Cl)c21. The van der Waals surface area contributed by atoms with Crippen molar-refractivity contribution >= 4 is 44.7 Å². The van der Waals surface area contributed by atoms with Gasteiger partial charge >= 0.3 is 4.87 Å². The molecule has 1 heterocycles. The normalized spacial score (nSPS) is 11.0. The largest absolute Gasteiger partial charge is 0.324 e. The second kappa shape index (κ2) is 6.79. The maximum Gasteiger partial charge on any atom is 0.308 e. The average Bonchev–Trinajstić information content (AvgIpc) is 2.86. The Balaban J connectivity index is 1.92. The summed E-state index contributed by atoms with van der Waals surface area (Å²) in [5.74, 6) is -0.235. The fraction of sp³-hybridized carbons (Fsp3) is 0.222. The predicted molar refractivity (Wildman–Crippen MR) is 100 cm³/mol. The molecule has 0 bridgehead atoms. The molecule has 124 valence electrons. The van der Waals surface area contributed by atoms with Crippen molar-refractivity contribution in [2.45, 2.75) is 26.8 Å². The number of aromatic nitrogens is 1. The Morgan fingerprint density at radius 3 is 2.75 bits per heavy atom. The van der Waals surface area contributed by atoms with E-state index >= 15 is 0 Å². The first-order valence-corrected chi connectivity index (χ1v) is 8.87. The monoisotopic (exact) mass is 360 g/mol.